The molecule has 0 aliphatic rings. The third kappa shape index (κ3) is 58.7. The Balaban J connectivity index is 4.08. The van der Waals surface area contributed by atoms with Gasteiger partial charge in [-0.2, -0.15) is 0 Å². The lowest BCUT2D eigenvalue weighted by molar-refractivity contribution is -0.870. The monoisotopic (exact) mass is 1060 g/mol. The van der Waals surface area contributed by atoms with Crippen LogP contribution in [-0.4, -0.2) is 68.5 Å². The second-order valence-electron chi connectivity index (χ2n) is 23.8. The van der Waals surface area contributed by atoms with E-state index >= 15 is 0 Å². The Hall–Kier alpha value is -1.02. The first-order valence-electron chi connectivity index (χ1n) is 32.7. The summed E-state index contributed by atoms with van der Waals surface area (Å²) < 4.78 is 23.4. The average Bonchev–Trinajstić information content (AvgIpc) is 3.36. The number of hydrogen-bond acceptors (Lipinski definition) is 6. The minimum atomic E-state index is -4.60. The largest absolute Gasteiger partial charge is 0.756 e. The number of phosphoric ester groups is 1. The molecule has 0 aromatic carbocycles. The van der Waals surface area contributed by atoms with Crippen LogP contribution in [0.1, 0.15) is 335 Å². The summed E-state index contributed by atoms with van der Waals surface area (Å²) in [5.41, 5.74) is 0. The highest BCUT2D eigenvalue weighted by molar-refractivity contribution is 7.45. The van der Waals surface area contributed by atoms with Gasteiger partial charge in [0.1, 0.15) is 13.2 Å². The Labute approximate surface area is 462 Å². The van der Waals surface area contributed by atoms with E-state index in [0.717, 1.165) is 38.5 Å². The lowest BCUT2D eigenvalue weighted by Gasteiger charge is -2.29. The van der Waals surface area contributed by atoms with Crippen LogP contribution in [0.5, 0.6) is 0 Å². The summed E-state index contributed by atoms with van der Waals surface area (Å²) >= 11 is 0. The number of unbranched alkanes of at least 4 members (excludes halogenated alkanes) is 46. The van der Waals surface area contributed by atoms with Crippen molar-refractivity contribution in [2.24, 2.45) is 0 Å². The fourth-order valence-electron chi connectivity index (χ4n) is 10.0. The molecule has 440 valence electrons. The van der Waals surface area contributed by atoms with E-state index < -0.39 is 20.0 Å². The van der Waals surface area contributed by atoms with E-state index in [2.05, 4.69) is 31.3 Å². The van der Waals surface area contributed by atoms with Gasteiger partial charge < -0.3 is 28.8 Å². The topological polar surface area (TPSA) is 108 Å². The van der Waals surface area contributed by atoms with Crippen molar-refractivity contribution in [3.05, 3.63) is 24.3 Å². The van der Waals surface area contributed by atoms with Gasteiger partial charge in [-0.25, -0.2) is 0 Å². The molecular weight excluding hydrogens is 936 g/mol. The molecule has 0 aliphatic carbocycles. The van der Waals surface area contributed by atoms with Gasteiger partial charge in [0.15, 0.2) is 0 Å². The standard InChI is InChI=1S/C65H129N2O6P/c1-6-8-10-12-14-16-18-20-22-24-26-28-30-31-32-33-34-35-36-37-39-41-43-45-47-49-51-53-55-57-59-65(69)66-63(62-73-74(70,71)72-61-60-67(3,4)5)64(68)58-56-54-52-50-48-46-44-42-40-38-29-27-25-23-21-19-17-15-13-11-9-7-2/h31-32,56,58,63-64,68H,6-30,33-55,57,59-62H2,1-5H3,(H-,66,69,70,71)/b32-31-,58-56+. The molecule has 8 nitrogen and oxygen atoms in total. The van der Waals surface area contributed by atoms with Crippen molar-refractivity contribution in [2.75, 3.05) is 40.9 Å². The van der Waals surface area contributed by atoms with E-state index in [1.54, 1.807) is 6.08 Å². The predicted octanol–water partition coefficient (Wildman–Crippen LogP) is 19.7. The Morgan fingerprint density at radius 3 is 1.05 bits per heavy atom. The van der Waals surface area contributed by atoms with Crippen LogP contribution in [-0.2, 0) is 18.4 Å². The summed E-state index contributed by atoms with van der Waals surface area (Å²) in [4.78, 5) is 25.6. The summed E-state index contributed by atoms with van der Waals surface area (Å²) in [5.74, 6) is -0.191. The quantitative estimate of drug-likeness (QED) is 0.0272. The number of allylic oxidation sites excluding steroid dienone is 3. The van der Waals surface area contributed by atoms with E-state index in [1.165, 1.54) is 276 Å². The Morgan fingerprint density at radius 2 is 0.743 bits per heavy atom. The number of phosphoric acid groups is 1. The molecule has 3 unspecified atom stereocenters. The molecule has 9 heteroatoms. The highest BCUT2D eigenvalue weighted by Gasteiger charge is 2.23. The van der Waals surface area contributed by atoms with Gasteiger partial charge in [0.05, 0.1) is 39.9 Å². The van der Waals surface area contributed by atoms with Crippen molar-refractivity contribution in [3.8, 4) is 0 Å². The van der Waals surface area contributed by atoms with Crippen molar-refractivity contribution in [2.45, 2.75) is 347 Å². The molecule has 0 aromatic rings. The molecule has 0 saturated heterocycles. The molecule has 1 amide bonds. The van der Waals surface area contributed by atoms with Gasteiger partial charge in [-0.15, -0.1) is 0 Å². The first kappa shape index (κ1) is 73.0. The van der Waals surface area contributed by atoms with Crippen LogP contribution in [0.25, 0.3) is 0 Å². The van der Waals surface area contributed by atoms with Gasteiger partial charge in [0.25, 0.3) is 7.82 Å². The molecule has 0 saturated carbocycles. The molecule has 0 bridgehead atoms. The van der Waals surface area contributed by atoms with Gasteiger partial charge in [0.2, 0.25) is 5.91 Å². The Morgan fingerprint density at radius 1 is 0.459 bits per heavy atom. The second kappa shape index (κ2) is 56.7. The molecular formula is C65H129N2O6P. The van der Waals surface area contributed by atoms with Crippen molar-refractivity contribution in [3.63, 3.8) is 0 Å². The van der Waals surface area contributed by atoms with E-state index in [1.807, 2.05) is 27.2 Å². The van der Waals surface area contributed by atoms with Gasteiger partial charge in [0, 0.05) is 6.42 Å². The van der Waals surface area contributed by atoms with Gasteiger partial charge in [-0.3, -0.25) is 9.36 Å². The lowest BCUT2D eigenvalue weighted by atomic mass is 10.0. The molecule has 0 rings (SSSR count). The molecule has 0 heterocycles. The van der Waals surface area contributed by atoms with Crippen LogP contribution < -0.4 is 10.2 Å². The first-order chi connectivity index (χ1) is 36.0. The Kier molecular flexibility index (Phi) is 55.9. The van der Waals surface area contributed by atoms with E-state index in [9.17, 15) is 19.4 Å². The number of amides is 1. The first-order valence-corrected chi connectivity index (χ1v) is 34.2. The van der Waals surface area contributed by atoms with Gasteiger partial charge >= 0.3 is 0 Å². The Bertz CT molecular complexity index is 1260. The SMILES string of the molecule is CCCCCCCCCCCCCC/C=C\CCCCCCCCCCCCCCCCC(=O)NC(COP(=O)([O-])OCC[N+](C)(C)C)C(O)/C=C/CCCCCCCCCCCCCCCCCCCCCC. The number of carbonyl (C=O) groups excluding carboxylic acids is 1. The molecule has 0 fully saturated rings. The number of rotatable bonds is 61. The number of aliphatic hydroxyl groups excluding tert-OH is 1. The van der Waals surface area contributed by atoms with Crippen LogP contribution in [0.15, 0.2) is 24.3 Å². The summed E-state index contributed by atoms with van der Waals surface area (Å²) in [6.45, 7) is 4.71. The molecule has 0 radical (unpaired) electrons. The van der Waals surface area contributed by atoms with E-state index in [0.29, 0.717) is 17.4 Å². The van der Waals surface area contributed by atoms with Crippen LogP contribution in [0.2, 0.25) is 0 Å². The summed E-state index contributed by atoms with van der Waals surface area (Å²) in [7, 11) is 1.28. The van der Waals surface area contributed by atoms with Crippen molar-refractivity contribution < 1.29 is 32.9 Å². The maximum Gasteiger partial charge on any atom is 0.268 e. The number of quaternary nitrogens is 1. The molecule has 74 heavy (non-hydrogen) atoms. The van der Waals surface area contributed by atoms with Crippen molar-refractivity contribution >= 4 is 13.7 Å². The number of likely N-dealkylation sites (N-methyl/N-ethyl adjacent to an activating group) is 1. The van der Waals surface area contributed by atoms with Crippen LogP contribution in [0.4, 0.5) is 0 Å². The van der Waals surface area contributed by atoms with E-state index in [4.69, 9.17) is 9.05 Å². The number of nitrogens with zero attached hydrogens (tertiary/aromatic N) is 1. The summed E-state index contributed by atoms with van der Waals surface area (Å²) in [6.07, 6.45) is 72.8. The molecule has 0 aliphatic heterocycles. The maximum absolute atomic E-state index is 13.0. The van der Waals surface area contributed by atoms with Gasteiger partial charge in [-0.05, 0) is 44.9 Å². The van der Waals surface area contributed by atoms with Crippen molar-refractivity contribution in [1.29, 1.82) is 0 Å². The van der Waals surface area contributed by atoms with Crippen LogP contribution in [0, 0.1) is 0 Å². The smallest absolute Gasteiger partial charge is 0.268 e. The summed E-state index contributed by atoms with van der Waals surface area (Å²) in [5, 5.41) is 13.9. The number of carbonyl (C=O) groups is 1. The third-order valence-electron chi connectivity index (χ3n) is 15.2. The zero-order chi connectivity index (χ0) is 54.2. The fourth-order valence-corrected chi connectivity index (χ4v) is 10.8. The maximum atomic E-state index is 13.0. The minimum absolute atomic E-state index is 0.00136. The lowest BCUT2D eigenvalue weighted by Crippen LogP contribution is -2.45. The zero-order valence-corrected chi connectivity index (χ0v) is 51.2. The fraction of sp³-hybridized carbons (Fsp3) is 0.923. The average molecular weight is 1070 g/mol. The number of aliphatic hydroxyl groups is 1. The number of hydrogen-bond donors (Lipinski definition) is 2. The highest BCUT2D eigenvalue weighted by atomic mass is 31.2. The zero-order valence-electron chi connectivity index (χ0n) is 50.3. The van der Waals surface area contributed by atoms with Crippen molar-refractivity contribution in [1.82, 2.24) is 5.32 Å². The molecule has 0 spiro atoms. The second-order valence-corrected chi connectivity index (χ2v) is 25.2. The molecule has 0 aromatic heterocycles. The van der Waals surface area contributed by atoms with Crippen LogP contribution >= 0.6 is 7.82 Å². The number of nitrogens with one attached hydrogen (secondary N) is 1. The summed E-state index contributed by atoms with van der Waals surface area (Å²) in [6, 6.07) is -0.885. The minimum Gasteiger partial charge on any atom is -0.756 e. The normalized spacial score (nSPS) is 13.9. The molecule has 2 N–H and O–H groups in total. The third-order valence-corrected chi connectivity index (χ3v) is 16.1. The van der Waals surface area contributed by atoms with E-state index in [-0.39, 0.29) is 19.1 Å². The predicted molar refractivity (Wildman–Crippen MR) is 321 cm³/mol. The highest BCUT2D eigenvalue weighted by Crippen LogP contribution is 2.38. The van der Waals surface area contributed by atoms with Gasteiger partial charge in [-0.1, -0.05) is 308 Å². The van der Waals surface area contributed by atoms with Crippen LogP contribution in [0.3, 0.4) is 0 Å². The molecule has 3 atom stereocenters.